The number of nitrogens with one attached hydrogen (secondary N) is 1. The second kappa shape index (κ2) is 7.37. The van der Waals surface area contributed by atoms with Gasteiger partial charge < -0.3 is 5.32 Å². The number of nitrogens with zero attached hydrogens (tertiary/aromatic N) is 1. The zero-order chi connectivity index (χ0) is 18.8. The highest BCUT2D eigenvalue weighted by Gasteiger charge is 2.23. The highest BCUT2D eigenvalue weighted by Crippen LogP contribution is 2.19. The van der Waals surface area contributed by atoms with Gasteiger partial charge in [-0.3, -0.25) is 4.79 Å². The number of amides is 1. The summed E-state index contributed by atoms with van der Waals surface area (Å²) in [7, 11) is -2.01. The Morgan fingerprint density at radius 2 is 1.52 bits per heavy atom. The van der Waals surface area contributed by atoms with Crippen LogP contribution in [-0.2, 0) is 10.0 Å². The van der Waals surface area contributed by atoms with Crippen LogP contribution in [0.2, 0.25) is 0 Å². The van der Waals surface area contributed by atoms with E-state index < -0.39 is 10.0 Å². The monoisotopic (exact) mass is 360 g/mol. The Kier molecular flexibility index (Phi) is 5.65. The number of carbonyl (C=O) groups is 1. The molecule has 1 amide bonds. The maximum Gasteiger partial charge on any atom is 0.255 e. The first kappa shape index (κ1) is 19.1. The van der Waals surface area contributed by atoms with Crippen LogP contribution in [0.5, 0.6) is 0 Å². The second-order valence-corrected chi connectivity index (χ2v) is 8.47. The third kappa shape index (κ3) is 4.46. The maximum atomic E-state index is 12.4. The number of hydrogen-bond donors (Lipinski definition) is 1. The SMILES string of the molecule is Cc1cc(C)cc(NC(=O)c2ccc(S(=O)(=O)N(C)C(C)C)cc2)c1. The van der Waals surface area contributed by atoms with Crippen molar-refractivity contribution in [2.24, 2.45) is 0 Å². The van der Waals surface area contributed by atoms with Gasteiger partial charge in [-0.05, 0) is 75.2 Å². The van der Waals surface area contributed by atoms with Crippen molar-refractivity contribution >= 4 is 21.6 Å². The zero-order valence-corrected chi connectivity index (χ0v) is 16.0. The lowest BCUT2D eigenvalue weighted by atomic mass is 10.1. The number of anilines is 1. The normalized spacial score (nSPS) is 11.8. The zero-order valence-electron chi connectivity index (χ0n) is 15.2. The molecule has 0 unspecified atom stereocenters. The topological polar surface area (TPSA) is 66.5 Å². The molecule has 0 aliphatic rings. The Balaban J connectivity index is 2.20. The number of aryl methyl sites for hydroxylation is 2. The van der Waals surface area contributed by atoms with Gasteiger partial charge in [0, 0.05) is 24.3 Å². The third-order valence-electron chi connectivity index (χ3n) is 4.00. The Hall–Kier alpha value is -2.18. The molecular weight excluding hydrogens is 336 g/mol. The van der Waals surface area contributed by atoms with E-state index in [0.717, 1.165) is 16.8 Å². The van der Waals surface area contributed by atoms with Gasteiger partial charge in [0.2, 0.25) is 10.0 Å². The van der Waals surface area contributed by atoms with E-state index in [9.17, 15) is 13.2 Å². The van der Waals surface area contributed by atoms with Crippen molar-refractivity contribution < 1.29 is 13.2 Å². The van der Waals surface area contributed by atoms with Crippen LogP contribution in [0.25, 0.3) is 0 Å². The molecule has 25 heavy (non-hydrogen) atoms. The summed E-state index contributed by atoms with van der Waals surface area (Å²) in [4.78, 5) is 12.5. The number of sulfonamides is 1. The van der Waals surface area contributed by atoms with Gasteiger partial charge >= 0.3 is 0 Å². The first-order valence-corrected chi connectivity index (χ1v) is 9.53. The van der Waals surface area contributed by atoms with Crippen LogP contribution in [0.4, 0.5) is 5.69 Å². The average molecular weight is 360 g/mol. The smallest absolute Gasteiger partial charge is 0.255 e. The van der Waals surface area contributed by atoms with Crippen molar-refractivity contribution in [2.45, 2.75) is 38.6 Å². The summed E-state index contributed by atoms with van der Waals surface area (Å²) >= 11 is 0. The lowest BCUT2D eigenvalue weighted by molar-refractivity contribution is 0.102. The quantitative estimate of drug-likeness (QED) is 0.886. The number of benzene rings is 2. The molecule has 0 aromatic heterocycles. The summed E-state index contributed by atoms with van der Waals surface area (Å²) in [5, 5.41) is 2.84. The molecule has 0 heterocycles. The maximum absolute atomic E-state index is 12.4. The fourth-order valence-corrected chi connectivity index (χ4v) is 3.84. The first-order chi connectivity index (χ1) is 11.6. The van der Waals surface area contributed by atoms with E-state index in [2.05, 4.69) is 5.32 Å². The van der Waals surface area contributed by atoms with Crippen molar-refractivity contribution in [1.29, 1.82) is 0 Å². The van der Waals surface area contributed by atoms with Crippen molar-refractivity contribution in [2.75, 3.05) is 12.4 Å². The molecule has 0 saturated heterocycles. The molecule has 5 nitrogen and oxygen atoms in total. The van der Waals surface area contributed by atoms with Crippen LogP contribution in [-0.4, -0.2) is 31.7 Å². The largest absolute Gasteiger partial charge is 0.322 e. The van der Waals surface area contributed by atoms with Gasteiger partial charge in [0.05, 0.1) is 4.90 Å². The Labute approximate surface area is 149 Å². The van der Waals surface area contributed by atoms with Gasteiger partial charge in [0.1, 0.15) is 0 Å². The van der Waals surface area contributed by atoms with Gasteiger partial charge in [-0.2, -0.15) is 4.31 Å². The molecule has 6 heteroatoms. The standard InChI is InChI=1S/C19H24N2O3S/c1-13(2)21(5)25(23,24)18-8-6-16(7-9-18)19(22)20-17-11-14(3)10-15(4)12-17/h6-13H,1-5H3,(H,20,22). The van der Waals surface area contributed by atoms with Gasteiger partial charge in [-0.1, -0.05) is 6.07 Å². The van der Waals surface area contributed by atoms with Crippen molar-refractivity contribution in [3.63, 3.8) is 0 Å². The van der Waals surface area contributed by atoms with E-state index in [4.69, 9.17) is 0 Å². The minimum atomic E-state index is -3.55. The van der Waals surface area contributed by atoms with Crippen molar-refractivity contribution in [3.8, 4) is 0 Å². The highest BCUT2D eigenvalue weighted by atomic mass is 32.2. The molecule has 2 rings (SSSR count). The van der Waals surface area contributed by atoms with E-state index in [1.807, 2.05) is 45.9 Å². The molecule has 2 aromatic rings. The number of rotatable bonds is 5. The van der Waals surface area contributed by atoms with Crippen molar-refractivity contribution in [3.05, 3.63) is 59.2 Å². The van der Waals surface area contributed by atoms with Crippen LogP contribution >= 0.6 is 0 Å². The molecular formula is C19H24N2O3S. The lowest BCUT2D eigenvalue weighted by Gasteiger charge is -2.21. The summed E-state index contributed by atoms with van der Waals surface area (Å²) < 4.78 is 26.2. The molecule has 0 aliphatic heterocycles. The Morgan fingerprint density at radius 3 is 2.00 bits per heavy atom. The predicted molar refractivity (Wildman–Crippen MR) is 100 cm³/mol. The minimum absolute atomic E-state index is 0.141. The summed E-state index contributed by atoms with van der Waals surface area (Å²) in [6.07, 6.45) is 0. The molecule has 0 atom stereocenters. The second-order valence-electron chi connectivity index (χ2n) is 6.47. The van der Waals surface area contributed by atoms with E-state index >= 15 is 0 Å². The van der Waals surface area contributed by atoms with Crippen LogP contribution in [0.3, 0.4) is 0 Å². The van der Waals surface area contributed by atoms with Crippen LogP contribution in [0.1, 0.15) is 35.3 Å². The Bertz CT molecular complexity index is 852. The number of hydrogen-bond acceptors (Lipinski definition) is 3. The molecule has 1 N–H and O–H groups in total. The van der Waals surface area contributed by atoms with Gasteiger partial charge in [-0.25, -0.2) is 8.42 Å². The molecule has 0 radical (unpaired) electrons. The molecule has 134 valence electrons. The fraction of sp³-hybridized carbons (Fsp3) is 0.316. The molecule has 0 saturated carbocycles. The van der Waals surface area contributed by atoms with Crippen LogP contribution in [0.15, 0.2) is 47.4 Å². The van der Waals surface area contributed by atoms with Gasteiger partial charge in [0.15, 0.2) is 0 Å². The summed E-state index contributed by atoms with van der Waals surface area (Å²) in [5.74, 6) is -0.272. The van der Waals surface area contributed by atoms with Crippen LogP contribution in [0, 0.1) is 13.8 Å². The van der Waals surface area contributed by atoms with E-state index in [-0.39, 0.29) is 16.8 Å². The van der Waals surface area contributed by atoms with E-state index in [1.165, 1.54) is 28.6 Å². The summed E-state index contributed by atoms with van der Waals surface area (Å²) in [6.45, 7) is 7.55. The molecule has 0 bridgehead atoms. The first-order valence-electron chi connectivity index (χ1n) is 8.09. The summed E-state index contributed by atoms with van der Waals surface area (Å²) in [5.41, 5.74) is 3.26. The molecule has 2 aromatic carbocycles. The van der Waals surface area contributed by atoms with Crippen molar-refractivity contribution in [1.82, 2.24) is 4.31 Å². The molecule has 0 aliphatic carbocycles. The Morgan fingerprint density at radius 1 is 1.00 bits per heavy atom. The predicted octanol–water partition coefficient (Wildman–Crippen LogP) is 3.58. The minimum Gasteiger partial charge on any atom is -0.322 e. The molecule has 0 spiro atoms. The highest BCUT2D eigenvalue weighted by molar-refractivity contribution is 7.89. The lowest BCUT2D eigenvalue weighted by Crippen LogP contribution is -2.33. The van der Waals surface area contributed by atoms with E-state index in [1.54, 1.807) is 7.05 Å². The third-order valence-corrected chi connectivity index (χ3v) is 6.05. The summed E-state index contributed by atoms with van der Waals surface area (Å²) in [6, 6.07) is 11.6. The van der Waals surface area contributed by atoms with Gasteiger partial charge in [-0.15, -0.1) is 0 Å². The average Bonchev–Trinajstić information content (AvgIpc) is 2.53. The van der Waals surface area contributed by atoms with Gasteiger partial charge in [0.25, 0.3) is 5.91 Å². The van der Waals surface area contributed by atoms with Crippen LogP contribution < -0.4 is 5.32 Å². The number of carbonyl (C=O) groups excluding carboxylic acids is 1. The fourth-order valence-electron chi connectivity index (χ4n) is 2.47. The molecule has 0 fully saturated rings. The van der Waals surface area contributed by atoms with E-state index in [0.29, 0.717) is 5.56 Å².